The molecule has 0 aliphatic rings. The number of aromatic nitrogens is 2. The van der Waals surface area contributed by atoms with Gasteiger partial charge >= 0.3 is 6.09 Å². The van der Waals surface area contributed by atoms with Gasteiger partial charge in [0.2, 0.25) is 16.9 Å². The summed E-state index contributed by atoms with van der Waals surface area (Å²) in [6.07, 6.45) is -0.480. The molecule has 0 unspecified atom stereocenters. The topological polar surface area (TPSA) is 129 Å². The number of nitrogens with zero attached hydrogens (tertiary/aromatic N) is 3. The van der Waals surface area contributed by atoms with Crippen LogP contribution in [0, 0.1) is 3.95 Å². The van der Waals surface area contributed by atoms with Crippen LogP contribution in [0.25, 0.3) is 0 Å². The highest BCUT2D eigenvalue weighted by atomic mass is 32.1. The first-order chi connectivity index (χ1) is 21.0. The van der Waals surface area contributed by atoms with Gasteiger partial charge in [-0.1, -0.05) is 84.1 Å². The molecule has 0 aliphatic heterocycles. The molecule has 230 valence electrons. The Morgan fingerprint density at radius 3 is 2.11 bits per heavy atom. The van der Waals surface area contributed by atoms with Crippen molar-refractivity contribution in [3.05, 3.63) is 106 Å². The number of rotatable bonds is 11. The summed E-state index contributed by atoms with van der Waals surface area (Å²) >= 11 is 6.18. The molecule has 2 amide bonds. The highest BCUT2D eigenvalue weighted by Crippen LogP contribution is 2.20. The lowest BCUT2D eigenvalue weighted by Crippen LogP contribution is -2.55. The van der Waals surface area contributed by atoms with E-state index >= 15 is 0 Å². The predicted octanol–water partition coefficient (Wildman–Crippen LogP) is 5.57. The summed E-state index contributed by atoms with van der Waals surface area (Å²) in [4.78, 5) is 40.4. The fourth-order valence-electron chi connectivity index (χ4n) is 4.18. The number of benzene rings is 3. The second-order valence-electron chi connectivity index (χ2n) is 11.0. The van der Waals surface area contributed by atoms with Crippen molar-refractivity contribution in [2.24, 2.45) is 5.73 Å². The van der Waals surface area contributed by atoms with Crippen molar-refractivity contribution >= 4 is 46.6 Å². The first-order valence-electron chi connectivity index (χ1n) is 13.9. The third-order valence-corrected chi connectivity index (χ3v) is 7.64. The minimum atomic E-state index is -0.876. The number of nitrogens with one attached hydrogen (secondary N) is 1. The lowest BCUT2D eigenvalue weighted by Gasteiger charge is -2.36. The Labute approximate surface area is 265 Å². The van der Waals surface area contributed by atoms with Gasteiger partial charge in [0, 0.05) is 5.54 Å². The number of amides is 2. The normalized spacial score (nSPS) is 11.8. The smallest absolute Gasteiger partial charge is 0.437 e. The van der Waals surface area contributed by atoms with Gasteiger partial charge in [0.1, 0.15) is 25.5 Å². The van der Waals surface area contributed by atoms with Gasteiger partial charge in [-0.2, -0.15) is 0 Å². The quantitative estimate of drug-likeness (QED) is 0.205. The number of ether oxygens (including phenoxy) is 2. The Bertz CT molecular complexity index is 1620. The van der Waals surface area contributed by atoms with Crippen molar-refractivity contribution in [1.29, 1.82) is 0 Å². The van der Waals surface area contributed by atoms with Gasteiger partial charge in [0.05, 0.1) is 6.04 Å². The molecule has 0 fully saturated rings. The molecule has 0 saturated heterocycles. The molecule has 0 aliphatic carbocycles. The van der Waals surface area contributed by atoms with Crippen LogP contribution in [0.3, 0.4) is 0 Å². The highest BCUT2D eigenvalue weighted by Gasteiger charge is 2.32. The van der Waals surface area contributed by atoms with Crippen molar-refractivity contribution in [2.45, 2.75) is 52.0 Å². The third-order valence-electron chi connectivity index (χ3n) is 6.49. The maximum absolute atomic E-state index is 13.4. The van der Waals surface area contributed by atoms with Crippen LogP contribution in [0.2, 0.25) is 0 Å². The van der Waals surface area contributed by atoms with Crippen molar-refractivity contribution in [1.82, 2.24) is 14.7 Å². The summed E-state index contributed by atoms with van der Waals surface area (Å²) < 4.78 is 12.1. The van der Waals surface area contributed by atoms with Gasteiger partial charge in [0.25, 0.3) is 0 Å². The highest BCUT2D eigenvalue weighted by molar-refractivity contribution is 7.73. The Hall–Kier alpha value is -4.39. The van der Waals surface area contributed by atoms with Crippen molar-refractivity contribution < 1.29 is 23.9 Å². The lowest BCUT2D eigenvalue weighted by atomic mass is 10.0. The largest absolute Gasteiger partial charge is 0.489 e. The molecule has 3 N–H and O–H groups in total. The summed E-state index contributed by atoms with van der Waals surface area (Å²) in [5.74, 6) is -0.172. The molecule has 3 aromatic carbocycles. The summed E-state index contributed by atoms with van der Waals surface area (Å²) in [6, 6.07) is 25.6. The van der Waals surface area contributed by atoms with Gasteiger partial charge in [-0.3, -0.25) is 14.9 Å². The third kappa shape index (κ3) is 9.30. The lowest BCUT2D eigenvalue weighted by molar-refractivity contribution is -0.140. The Morgan fingerprint density at radius 1 is 0.932 bits per heavy atom. The minimum Gasteiger partial charge on any atom is -0.489 e. The maximum atomic E-state index is 13.4. The second-order valence-corrected chi connectivity index (χ2v) is 12.6. The molecule has 4 aromatic rings. The van der Waals surface area contributed by atoms with Gasteiger partial charge in [-0.15, -0.1) is 9.78 Å². The average molecular weight is 634 g/mol. The Balaban J connectivity index is 1.32. The van der Waals surface area contributed by atoms with Crippen LogP contribution in [0.4, 0.5) is 9.93 Å². The molecule has 12 heteroatoms. The van der Waals surface area contributed by atoms with E-state index in [0.29, 0.717) is 12.4 Å². The first-order valence-corrected chi connectivity index (χ1v) is 15.2. The van der Waals surface area contributed by atoms with E-state index in [1.807, 2.05) is 106 Å². The molecule has 0 radical (unpaired) electrons. The molecule has 0 saturated carbocycles. The molecule has 10 nitrogen and oxygen atoms in total. The minimum absolute atomic E-state index is 0.0513. The van der Waals surface area contributed by atoms with E-state index in [-0.39, 0.29) is 34.6 Å². The van der Waals surface area contributed by atoms with Gasteiger partial charge in [-0.05, 0) is 68.2 Å². The number of nitrogens with two attached hydrogens (primary N) is 1. The van der Waals surface area contributed by atoms with E-state index < -0.39 is 23.6 Å². The van der Waals surface area contributed by atoms with Gasteiger partial charge in [-0.25, -0.2) is 4.79 Å². The fourth-order valence-corrected chi connectivity index (χ4v) is 5.18. The second kappa shape index (κ2) is 14.9. The molecular formula is C32H35N5O5S2. The average Bonchev–Trinajstić information content (AvgIpc) is 3.37. The van der Waals surface area contributed by atoms with E-state index in [2.05, 4.69) is 10.4 Å². The van der Waals surface area contributed by atoms with E-state index in [1.165, 1.54) is 4.90 Å². The van der Waals surface area contributed by atoms with Crippen LogP contribution in [0.5, 0.6) is 5.75 Å². The predicted molar refractivity (Wildman–Crippen MR) is 172 cm³/mol. The number of carbonyl (C=O) groups excluding carboxylic acids is 3. The van der Waals surface area contributed by atoms with Crippen LogP contribution in [0.15, 0.2) is 84.9 Å². The number of anilines is 1. The number of carbonyl (C=O) groups is 3. The van der Waals surface area contributed by atoms with Crippen molar-refractivity contribution in [3.63, 3.8) is 0 Å². The molecule has 4 rings (SSSR count). The van der Waals surface area contributed by atoms with E-state index in [4.69, 9.17) is 27.4 Å². The maximum Gasteiger partial charge on any atom is 0.437 e. The van der Waals surface area contributed by atoms with Crippen molar-refractivity contribution in [3.8, 4) is 5.75 Å². The first kappa shape index (κ1) is 32.5. The zero-order chi connectivity index (χ0) is 31.7. The molecule has 0 bridgehead atoms. The zero-order valence-corrected chi connectivity index (χ0v) is 26.4. The van der Waals surface area contributed by atoms with Crippen LogP contribution in [-0.2, 0) is 34.0 Å². The number of hydrogen-bond acceptors (Lipinski definition) is 9. The van der Waals surface area contributed by atoms with E-state index in [0.717, 1.165) is 32.7 Å². The summed E-state index contributed by atoms with van der Waals surface area (Å²) in [5.41, 5.74) is 8.38. The van der Waals surface area contributed by atoms with Crippen LogP contribution in [-0.4, -0.2) is 50.7 Å². The zero-order valence-electron chi connectivity index (χ0n) is 24.8. The summed E-state index contributed by atoms with van der Waals surface area (Å²) in [6.45, 7) is 5.71. The Morgan fingerprint density at radius 2 is 1.52 bits per heavy atom. The Kier molecular flexibility index (Phi) is 11.0. The standard InChI is InChI=1S/C32H35N5O5S2/c1-32(2,3)36(28(39)26(33)18-22-14-16-25(17-15-22)41-20-23-10-6-4-7-11-23)19-27(38)34-29-35-37(31(43)44-29)30(40)42-21-24-12-8-5-9-13-24/h4-17,26H,18-21,33H2,1-3H3,(H,34,35,38)/t26-/m0/s1. The number of hydrogen-bond donors (Lipinski definition) is 2. The van der Waals surface area contributed by atoms with Crippen molar-refractivity contribution in [2.75, 3.05) is 11.9 Å². The molecule has 44 heavy (non-hydrogen) atoms. The van der Waals surface area contributed by atoms with Crippen LogP contribution < -0.4 is 15.8 Å². The molecule has 1 heterocycles. The van der Waals surface area contributed by atoms with Gasteiger partial charge in [0.15, 0.2) is 3.95 Å². The summed E-state index contributed by atoms with van der Waals surface area (Å²) in [7, 11) is 0. The molecule has 1 atom stereocenters. The van der Waals surface area contributed by atoms with Crippen LogP contribution >= 0.6 is 23.6 Å². The summed E-state index contributed by atoms with van der Waals surface area (Å²) in [5, 5.41) is 6.83. The van der Waals surface area contributed by atoms with Crippen LogP contribution in [0.1, 0.15) is 37.5 Å². The molecule has 1 aromatic heterocycles. The molecule has 0 spiro atoms. The molecular weight excluding hydrogens is 599 g/mol. The van der Waals surface area contributed by atoms with E-state index in [1.54, 1.807) is 0 Å². The monoisotopic (exact) mass is 633 g/mol. The fraction of sp³-hybridized carbons (Fsp3) is 0.281. The van der Waals surface area contributed by atoms with E-state index in [9.17, 15) is 14.4 Å². The van der Waals surface area contributed by atoms with Gasteiger partial charge < -0.3 is 20.1 Å². The SMILES string of the molecule is CC(C)(C)N(CC(=O)Nc1nn(C(=O)OCc2ccccc2)c(=S)s1)C(=O)[C@@H](N)Cc1ccc(OCc2ccccc2)cc1.